The maximum atomic E-state index is 11.7. The normalized spacial score (nSPS) is 11.6. The van der Waals surface area contributed by atoms with E-state index in [0.29, 0.717) is 4.90 Å². The van der Waals surface area contributed by atoms with Crippen molar-refractivity contribution in [3.05, 3.63) is 60.3 Å². The van der Waals surface area contributed by atoms with Crippen LogP contribution in [0.2, 0.25) is 0 Å². The highest BCUT2D eigenvalue weighted by Gasteiger charge is 2.13. The number of hydrogen-bond donors (Lipinski definition) is 1. The third-order valence-electron chi connectivity index (χ3n) is 4.83. The Morgan fingerprint density at radius 2 is 1.44 bits per heavy atom. The van der Waals surface area contributed by atoms with Gasteiger partial charge in [-0.3, -0.25) is 0 Å². The van der Waals surface area contributed by atoms with Crippen molar-refractivity contribution in [3.63, 3.8) is 0 Å². The van der Waals surface area contributed by atoms with Crippen LogP contribution in [0.5, 0.6) is 0 Å². The average molecular weight is 383 g/mol. The Morgan fingerprint density at radius 3 is 1.96 bits per heavy atom. The van der Waals surface area contributed by atoms with Crippen molar-refractivity contribution >= 4 is 15.5 Å². The van der Waals surface area contributed by atoms with Gasteiger partial charge in [0.1, 0.15) is 0 Å². The Labute approximate surface area is 161 Å². The molecule has 1 N–H and O–H groups in total. The summed E-state index contributed by atoms with van der Waals surface area (Å²) in [6.07, 6.45) is 1.23. The van der Waals surface area contributed by atoms with E-state index in [1.54, 1.807) is 12.1 Å². The second-order valence-corrected chi connectivity index (χ2v) is 8.77. The molecule has 27 heavy (non-hydrogen) atoms. The van der Waals surface area contributed by atoms with Gasteiger partial charge in [-0.2, -0.15) is 0 Å². The Hall–Kier alpha value is -2.53. The molecule has 0 spiro atoms. The van der Waals surface area contributed by atoms with E-state index in [2.05, 4.69) is 54.1 Å². The predicted molar refractivity (Wildman–Crippen MR) is 113 cm³/mol. The van der Waals surface area contributed by atoms with Gasteiger partial charge in [0, 0.05) is 36.3 Å². The third-order valence-corrected chi connectivity index (χ3v) is 5.96. The SMILES string of the molecule is CCN(CC)c1ccc(-c2cc(C)[nH]c2-c2ccc(S(C)(=O)=O)cc2)cc1. The summed E-state index contributed by atoms with van der Waals surface area (Å²) in [6.45, 7) is 8.31. The van der Waals surface area contributed by atoms with Crippen LogP contribution in [0.1, 0.15) is 19.5 Å². The lowest BCUT2D eigenvalue weighted by Gasteiger charge is -2.21. The van der Waals surface area contributed by atoms with E-state index in [1.165, 1.54) is 11.9 Å². The molecule has 0 radical (unpaired) electrons. The second kappa shape index (κ2) is 7.61. The van der Waals surface area contributed by atoms with Gasteiger partial charge in [0.25, 0.3) is 0 Å². The number of aryl methyl sites for hydroxylation is 1. The minimum absolute atomic E-state index is 0.333. The first-order chi connectivity index (χ1) is 12.8. The number of benzene rings is 2. The summed E-state index contributed by atoms with van der Waals surface area (Å²) < 4.78 is 23.4. The minimum Gasteiger partial charge on any atom is -0.372 e. The van der Waals surface area contributed by atoms with E-state index in [1.807, 2.05) is 19.1 Å². The summed E-state index contributed by atoms with van der Waals surface area (Å²) in [6, 6.07) is 17.8. The molecule has 0 saturated carbocycles. The molecular formula is C22H26N2O2S. The van der Waals surface area contributed by atoms with Crippen LogP contribution in [0.3, 0.4) is 0 Å². The smallest absolute Gasteiger partial charge is 0.175 e. The lowest BCUT2D eigenvalue weighted by molar-refractivity contribution is 0.602. The molecule has 3 aromatic rings. The fraction of sp³-hybridized carbons (Fsp3) is 0.273. The zero-order valence-electron chi connectivity index (χ0n) is 16.3. The Morgan fingerprint density at radius 1 is 0.889 bits per heavy atom. The van der Waals surface area contributed by atoms with Crippen LogP contribution < -0.4 is 4.90 Å². The van der Waals surface area contributed by atoms with Crippen molar-refractivity contribution in [1.29, 1.82) is 0 Å². The van der Waals surface area contributed by atoms with Crippen molar-refractivity contribution in [2.75, 3.05) is 24.2 Å². The lowest BCUT2D eigenvalue weighted by Crippen LogP contribution is -2.21. The van der Waals surface area contributed by atoms with Crippen molar-refractivity contribution < 1.29 is 8.42 Å². The maximum absolute atomic E-state index is 11.7. The van der Waals surface area contributed by atoms with Crippen LogP contribution in [0.25, 0.3) is 22.4 Å². The number of sulfone groups is 1. The van der Waals surface area contributed by atoms with Crippen LogP contribution in [0.4, 0.5) is 5.69 Å². The molecule has 0 fully saturated rings. The lowest BCUT2D eigenvalue weighted by atomic mass is 10.0. The molecule has 4 nitrogen and oxygen atoms in total. The molecule has 2 aromatic carbocycles. The van der Waals surface area contributed by atoms with Crippen LogP contribution in [0.15, 0.2) is 59.5 Å². The first kappa shape index (κ1) is 19.2. The van der Waals surface area contributed by atoms with Gasteiger partial charge in [-0.05, 0) is 62.2 Å². The highest BCUT2D eigenvalue weighted by molar-refractivity contribution is 7.90. The van der Waals surface area contributed by atoms with Crippen LogP contribution >= 0.6 is 0 Å². The van der Waals surface area contributed by atoms with Gasteiger partial charge in [-0.1, -0.05) is 24.3 Å². The fourth-order valence-corrected chi connectivity index (χ4v) is 3.98. The van der Waals surface area contributed by atoms with E-state index in [0.717, 1.165) is 41.2 Å². The second-order valence-electron chi connectivity index (χ2n) is 6.76. The number of nitrogens with one attached hydrogen (secondary N) is 1. The molecule has 0 aliphatic carbocycles. The zero-order chi connectivity index (χ0) is 19.6. The maximum Gasteiger partial charge on any atom is 0.175 e. The fourth-order valence-electron chi connectivity index (χ4n) is 3.35. The summed E-state index contributed by atoms with van der Waals surface area (Å²) in [5.74, 6) is 0. The molecule has 0 bridgehead atoms. The summed E-state index contributed by atoms with van der Waals surface area (Å²) in [7, 11) is -3.19. The Kier molecular flexibility index (Phi) is 5.42. The van der Waals surface area contributed by atoms with Gasteiger partial charge in [0.05, 0.1) is 10.6 Å². The summed E-state index contributed by atoms with van der Waals surface area (Å²) >= 11 is 0. The van der Waals surface area contributed by atoms with E-state index < -0.39 is 9.84 Å². The highest BCUT2D eigenvalue weighted by atomic mass is 32.2. The van der Waals surface area contributed by atoms with Crippen molar-refractivity contribution in [2.24, 2.45) is 0 Å². The Balaban J connectivity index is 1.99. The molecule has 0 amide bonds. The van der Waals surface area contributed by atoms with E-state index >= 15 is 0 Å². The molecule has 142 valence electrons. The molecule has 0 aliphatic rings. The van der Waals surface area contributed by atoms with Crippen LogP contribution in [-0.2, 0) is 9.84 Å². The standard InChI is InChI=1S/C22H26N2O2S/c1-5-24(6-2)19-11-7-17(8-12-19)21-15-16(3)23-22(21)18-9-13-20(14-10-18)27(4,25)26/h7-15,23H,5-6H2,1-4H3. The Bertz CT molecular complexity index is 1010. The van der Waals surface area contributed by atoms with Crippen molar-refractivity contribution in [1.82, 2.24) is 4.98 Å². The molecule has 1 aromatic heterocycles. The van der Waals surface area contributed by atoms with Crippen molar-refractivity contribution in [3.8, 4) is 22.4 Å². The molecule has 0 saturated heterocycles. The largest absolute Gasteiger partial charge is 0.372 e. The third kappa shape index (κ3) is 4.08. The highest BCUT2D eigenvalue weighted by Crippen LogP contribution is 2.34. The quantitative estimate of drug-likeness (QED) is 0.659. The van der Waals surface area contributed by atoms with E-state index in [9.17, 15) is 8.42 Å². The van der Waals surface area contributed by atoms with Crippen molar-refractivity contribution in [2.45, 2.75) is 25.7 Å². The molecule has 0 unspecified atom stereocenters. The average Bonchev–Trinajstić information content (AvgIpc) is 3.04. The van der Waals surface area contributed by atoms with Gasteiger partial charge in [-0.25, -0.2) is 8.42 Å². The van der Waals surface area contributed by atoms with Gasteiger partial charge in [-0.15, -0.1) is 0 Å². The van der Waals surface area contributed by atoms with Gasteiger partial charge < -0.3 is 9.88 Å². The summed E-state index contributed by atoms with van der Waals surface area (Å²) in [5.41, 5.74) is 6.51. The number of nitrogens with zero attached hydrogens (tertiary/aromatic N) is 1. The van der Waals surface area contributed by atoms with Crippen LogP contribution in [0, 0.1) is 6.92 Å². The molecular weight excluding hydrogens is 356 g/mol. The summed E-state index contributed by atoms with van der Waals surface area (Å²) in [5, 5.41) is 0. The van der Waals surface area contributed by atoms with E-state index in [-0.39, 0.29) is 0 Å². The first-order valence-electron chi connectivity index (χ1n) is 9.19. The number of aromatic nitrogens is 1. The van der Waals surface area contributed by atoms with Gasteiger partial charge in [0.15, 0.2) is 9.84 Å². The molecule has 5 heteroatoms. The number of H-pyrrole nitrogens is 1. The zero-order valence-corrected chi connectivity index (χ0v) is 17.1. The van der Waals surface area contributed by atoms with Crippen LogP contribution in [-0.4, -0.2) is 32.7 Å². The topological polar surface area (TPSA) is 53.2 Å². The number of aromatic amines is 1. The molecule has 3 rings (SSSR count). The monoisotopic (exact) mass is 382 g/mol. The van der Waals surface area contributed by atoms with Gasteiger partial charge in [0.2, 0.25) is 0 Å². The predicted octanol–water partition coefficient (Wildman–Crippen LogP) is 4.91. The summed E-state index contributed by atoms with van der Waals surface area (Å²) in [4.78, 5) is 6.07. The first-order valence-corrected chi connectivity index (χ1v) is 11.1. The molecule has 0 atom stereocenters. The molecule has 1 heterocycles. The minimum atomic E-state index is -3.19. The number of anilines is 1. The number of rotatable bonds is 6. The van der Waals surface area contributed by atoms with E-state index in [4.69, 9.17) is 0 Å². The molecule has 0 aliphatic heterocycles. The van der Waals surface area contributed by atoms with Gasteiger partial charge >= 0.3 is 0 Å². The number of hydrogen-bond acceptors (Lipinski definition) is 3.